The Bertz CT molecular complexity index is 743. The summed E-state index contributed by atoms with van der Waals surface area (Å²) in [5.41, 5.74) is 3.21. The maximum atomic E-state index is 11.9. The Morgan fingerprint density at radius 3 is 2.38 bits per heavy atom. The van der Waals surface area contributed by atoms with Gasteiger partial charge in [-0.2, -0.15) is 0 Å². The van der Waals surface area contributed by atoms with Crippen molar-refractivity contribution >= 4 is 40.5 Å². The molecular weight excluding hydrogens is 377 g/mol. The zero-order valence-electron chi connectivity index (χ0n) is 11.3. The Hall–Kier alpha value is -1.95. The molecule has 1 aliphatic heterocycles. The van der Waals surface area contributed by atoms with Gasteiger partial charge in [0.25, 0.3) is 0 Å². The molecule has 4 heteroatoms. The molecule has 0 spiro atoms. The number of aryl methyl sites for hydroxylation is 1. The molecule has 0 amide bonds. The molecule has 0 N–H and O–H groups in total. The highest BCUT2D eigenvalue weighted by molar-refractivity contribution is 14.1. The van der Waals surface area contributed by atoms with Gasteiger partial charge in [-0.25, -0.2) is 9.79 Å². The number of esters is 1. The first kappa shape index (κ1) is 14.0. The number of rotatable bonds is 2. The lowest BCUT2D eigenvalue weighted by molar-refractivity contribution is -0.129. The number of benzene rings is 2. The van der Waals surface area contributed by atoms with Crippen LogP contribution in [0.5, 0.6) is 0 Å². The lowest BCUT2D eigenvalue weighted by Crippen LogP contribution is -2.05. The van der Waals surface area contributed by atoms with Gasteiger partial charge >= 0.3 is 5.97 Å². The lowest BCUT2D eigenvalue weighted by atomic mass is 10.1. The van der Waals surface area contributed by atoms with Crippen LogP contribution in [-0.2, 0) is 9.53 Å². The predicted molar refractivity (Wildman–Crippen MR) is 90.9 cm³/mol. The van der Waals surface area contributed by atoms with E-state index in [1.54, 1.807) is 6.08 Å². The van der Waals surface area contributed by atoms with Crippen molar-refractivity contribution in [2.75, 3.05) is 0 Å². The van der Waals surface area contributed by atoms with Crippen LogP contribution in [0.15, 0.2) is 59.2 Å². The molecule has 0 radical (unpaired) electrons. The zero-order chi connectivity index (χ0) is 14.8. The summed E-state index contributed by atoms with van der Waals surface area (Å²) in [6, 6.07) is 15.6. The second-order valence-corrected chi connectivity index (χ2v) is 6.00. The summed E-state index contributed by atoms with van der Waals surface area (Å²) < 4.78 is 6.38. The highest BCUT2D eigenvalue weighted by atomic mass is 127. The van der Waals surface area contributed by atoms with Crippen LogP contribution in [0.4, 0.5) is 0 Å². The molecule has 0 atom stereocenters. The van der Waals surface area contributed by atoms with E-state index in [2.05, 4.69) is 27.6 Å². The predicted octanol–water partition coefficient (Wildman–Crippen LogP) is 3.94. The van der Waals surface area contributed by atoms with E-state index in [0.717, 1.165) is 20.3 Å². The molecule has 0 bridgehead atoms. The molecule has 0 aromatic heterocycles. The maximum Gasteiger partial charge on any atom is 0.363 e. The normalized spacial score (nSPS) is 16.0. The first-order valence-electron chi connectivity index (χ1n) is 6.47. The van der Waals surface area contributed by atoms with Gasteiger partial charge in [0.05, 0.1) is 0 Å². The molecule has 0 aliphatic carbocycles. The molecule has 3 nitrogen and oxygen atoms in total. The third-order valence-corrected chi connectivity index (χ3v) is 3.81. The monoisotopic (exact) mass is 389 g/mol. The van der Waals surface area contributed by atoms with Crippen molar-refractivity contribution in [3.05, 3.63) is 74.5 Å². The minimum absolute atomic E-state index is 0.326. The molecule has 1 heterocycles. The number of halogens is 1. The standard InChI is InChI=1S/C17H12INO2/c1-11-2-6-13(7-3-11)16-19-15(17(20)21-16)10-12-4-8-14(18)9-5-12/h2-10H,1H3/b15-10+. The van der Waals surface area contributed by atoms with Crippen molar-refractivity contribution in [1.29, 1.82) is 0 Å². The third-order valence-electron chi connectivity index (χ3n) is 3.09. The van der Waals surface area contributed by atoms with E-state index >= 15 is 0 Å². The second-order valence-electron chi connectivity index (χ2n) is 4.75. The largest absolute Gasteiger partial charge is 0.402 e. The van der Waals surface area contributed by atoms with Crippen LogP contribution < -0.4 is 0 Å². The summed E-state index contributed by atoms with van der Waals surface area (Å²) in [5.74, 6) is -0.0547. The van der Waals surface area contributed by atoms with Gasteiger partial charge in [-0.1, -0.05) is 29.8 Å². The van der Waals surface area contributed by atoms with Crippen LogP contribution in [0, 0.1) is 10.5 Å². The smallest absolute Gasteiger partial charge is 0.363 e. The SMILES string of the molecule is Cc1ccc(C2=N/C(=C/c3ccc(I)cc3)C(=O)O2)cc1. The average Bonchev–Trinajstić information content (AvgIpc) is 2.83. The van der Waals surface area contributed by atoms with Crippen LogP contribution in [-0.4, -0.2) is 11.9 Å². The average molecular weight is 389 g/mol. The van der Waals surface area contributed by atoms with Gasteiger partial charge < -0.3 is 4.74 Å². The lowest BCUT2D eigenvalue weighted by Gasteiger charge is -1.99. The zero-order valence-corrected chi connectivity index (χ0v) is 13.5. The Balaban J connectivity index is 1.91. The van der Waals surface area contributed by atoms with Gasteiger partial charge in [0, 0.05) is 9.13 Å². The minimum atomic E-state index is -0.413. The number of aliphatic imine (C=N–C) groups is 1. The molecule has 21 heavy (non-hydrogen) atoms. The van der Waals surface area contributed by atoms with Crippen molar-refractivity contribution in [3.8, 4) is 0 Å². The molecule has 2 aromatic carbocycles. The van der Waals surface area contributed by atoms with E-state index in [4.69, 9.17) is 4.74 Å². The van der Waals surface area contributed by atoms with Crippen molar-refractivity contribution in [2.24, 2.45) is 4.99 Å². The fraction of sp³-hybridized carbons (Fsp3) is 0.0588. The summed E-state index contributed by atoms with van der Waals surface area (Å²) in [4.78, 5) is 16.2. The maximum absolute atomic E-state index is 11.9. The van der Waals surface area contributed by atoms with E-state index in [0.29, 0.717) is 11.6 Å². The second kappa shape index (κ2) is 5.81. The molecule has 0 fully saturated rings. The fourth-order valence-corrected chi connectivity index (χ4v) is 2.31. The summed E-state index contributed by atoms with van der Waals surface area (Å²) in [5, 5.41) is 0. The summed E-state index contributed by atoms with van der Waals surface area (Å²) in [6.07, 6.45) is 1.74. The minimum Gasteiger partial charge on any atom is -0.402 e. The van der Waals surface area contributed by atoms with Gasteiger partial charge in [-0.3, -0.25) is 0 Å². The topological polar surface area (TPSA) is 38.7 Å². The van der Waals surface area contributed by atoms with E-state index in [1.165, 1.54) is 0 Å². The van der Waals surface area contributed by atoms with Gasteiger partial charge in [0.15, 0.2) is 5.70 Å². The number of ether oxygens (including phenoxy) is 1. The first-order valence-corrected chi connectivity index (χ1v) is 7.55. The van der Waals surface area contributed by atoms with Crippen LogP contribution in [0.2, 0.25) is 0 Å². The molecule has 3 rings (SSSR count). The summed E-state index contributed by atoms with van der Waals surface area (Å²) in [7, 11) is 0. The van der Waals surface area contributed by atoms with Gasteiger partial charge in [-0.15, -0.1) is 0 Å². The summed E-state index contributed by atoms with van der Waals surface area (Å²) >= 11 is 2.24. The Kier molecular flexibility index (Phi) is 3.88. The van der Waals surface area contributed by atoms with Crippen molar-refractivity contribution in [3.63, 3.8) is 0 Å². The molecular formula is C17H12INO2. The van der Waals surface area contributed by atoms with Gasteiger partial charge in [0.1, 0.15) is 0 Å². The highest BCUT2D eigenvalue weighted by Gasteiger charge is 2.23. The van der Waals surface area contributed by atoms with Gasteiger partial charge in [0.2, 0.25) is 5.90 Å². The molecule has 104 valence electrons. The fourth-order valence-electron chi connectivity index (χ4n) is 1.95. The number of carbonyl (C=O) groups excluding carboxylic acids is 1. The number of nitrogens with zero attached hydrogens (tertiary/aromatic N) is 1. The molecule has 0 saturated heterocycles. The van der Waals surface area contributed by atoms with Crippen LogP contribution in [0.3, 0.4) is 0 Å². The number of cyclic esters (lactones) is 1. The first-order chi connectivity index (χ1) is 10.1. The number of hydrogen-bond acceptors (Lipinski definition) is 3. The van der Waals surface area contributed by atoms with Crippen molar-refractivity contribution < 1.29 is 9.53 Å². The Labute approximate surface area is 136 Å². The van der Waals surface area contributed by atoms with Crippen LogP contribution >= 0.6 is 22.6 Å². The molecule has 2 aromatic rings. The number of hydrogen-bond donors (Lipinski definition) is 0. The molecule has 0 unspecified atom stereocenters. The third kappa shape index (κ3) is 3.21. The van der Waals surface area contributed by atoms with Crippen molar-refractivity contribution in [2.45, 2.75) is 6.92 Å². The Morgan fingerprint density at radius 1 is 1.05 bits per heavy atom. The van der Waals surface area contributed by atoms with Crippen LogP contribution in [0.25, 0.3) is 6.08 Å². The van der Waals surface area contributed by atoms with E-state index < -0.39 is 5.97 Å². The highest BCUT2D eigenvalue weighted by Crippen LogP contribution is 2.19. The van der Waals surface area contributed by atoms with Gasteiger partial charge in [-0.05, 0) is 65.4 Å². The quantitative estimate of drug-likeness (QED) is 0.443. The summed E-state index contributed by atoms with van der Waals surface area (Å²) in [6.45, 7) is 2.01. The van der Waals surface area contributed by atoms with E-state index in [9.17, 15) is 4.79 Å². The Morgan fingerprint density at radius 2 is 1.71 bits per heavy atom. The number of carbonyl (C=O) groups is 1. The molecule has 1 aliphatic rings. The van der Waals surface area contributed by atoms with Crippen molar-refractivity contribution in [1.82, 2.24) is 0 Å². The van der Waals surface area contributed by atoms with E-state index in [-0.39, 0.29) is 0 Å². The van der Waals surface area contributed by atoms with E-state index in [1.807, 2.05) is 55.5 Å². The molecule has 0 saturated carbocycles. The van der Waals surface area contributed by atoms with Crippen LogP contribution in [0.1, 0.15) is 16.7 Å².